The van der Waals surface area contributed by atoms with Crippen LogP contribution in [0.1, 0.15) is 12.0 Å². The van der Waals surface area contributed by atoms with Crippen molar-refractivity contribution in [2.45, 2.75) is 13.3 Å². The number of rotatable bonds is 1. The molecule has 0 bridgehead atoms. The van der Waals surface area contributed by atoms with Crippen LogP contribution in [0.25, 0.3) is 0 Å². The number of nitrogens with one attached hydrogen (secondary N) is 1. The lowest BCUT2D eigenvalue weighted by Crippen LogP contribution is -2.49. The number of carbonyl (C=O) groups is 2. The lowest BCUT2D eigenvalue weighted by molar-refractivity contribution is -0.120. The SMILES string of the molecule is Cc1ccc(Br)cc1N1CCC(=O)NC1=O. The number of imide groups is 1. The molecule has 1 heterocycles. The molecule has 84 valence electrons. The predicted octanol–water partition coefficient (Wildman–Crippen LogP) is 2.20. The van der Waals surface area contributed by atoms with Crippen molar-refractivity contribution in [2.24, 2.45) is 0 Å². The maximum absolute atomic E-state index is 11.6. The smallest absolute Gasteiger partial charge is 0.293 e. The Labute approximate surface area is 102 Å². The van der Waals surface area contributed by atoms with E-state index in [0.717, 1.165) is 15.7 Å². The molecule has 4 nitrogen and oxygen atoms in total. The van der Waals surface area contributed by atoms with Gasteiger partial charge in [0.05, 0.1) is 0 Å². The average molecular weight is 283 g/mol. The van der Waals surface area contributed by atoms with Gasteiger partial charge in [-0.2, -0.15) is 0 Å². The normalized spacial score (nSPS) is 16.2. The molecule has 0 aliphatic carbocycles. The summed E-state index contributed by atoms with van der Waals surface area (Å²) in [5.41, 5.74) is 1.84. The molecule has 1 fully saturated rings. The molecule has 16 heavy (non-hydrogen) atoms. The van der Waals surface area contributed by atoms with E-state index in [0.29, 0.717) is 13.0 Å². The first-order valence-electron chi connectivity index (χ1n) is 4.95. The van der Waals surface area contributed by atoms with Crippen molar-refractivity contribution in [3.63, 3.8) is 0 Å². The summed E-state index contributed by atoms with van der Waals surface area (Å²) < 4.78 is 0.915. The van der Waals surface area contributed by atoms with Crippen LogP contribution in [0.5, 0.6) is 0 Å². The summed E-state index contributed by atoms with van der Waals surface area (Å²) in [5, 5.41) is 2.31. The number of nitrogens with zero attached hydrogens (tertiary/aromatic N) is 1. The quantitative estimate of drug-likeness (QED) is 0.859. The van der Waals surface area contributed by atoms with Crippen LogP contribution in [0, 0.1) is 6.92 Å². The third-order valence-corrected chi connectivity index (χ3v) is 3.01. The number of halogens is 1. The van der Waals surface area contributed by atoms with Gasteiger partial charge in [0.1, 0.15) is 0 Å². The van der Waals surface area contributed by atoms with Crippen molar-refractivity contribution in [1.29, 1.82) is 0 Å². The summed E-state index contributed by atoms with van der Waals surface area (Å²) in [6, 6.07) is 5.39. The highest BCUT2D eigenvalue weighted by molar-refractivity contribution is 9.10. The lowest BCUT2D eigenvalue weighted by atomic mass is 10.1. The number of carbonyl (C=O) groups excluding carboxylic acids is 2. The van der Waals surface area contributed by atoms with E-state index in [2.05, 4.69) is 21.2 Å². The summed E-state index contributed by atoms with van der Waals surface area (Å²) in [7, 11) is 0. The molecule has 0 saturated carbocycles. The molecule has 1 N–H and O–H groups in total. The van der Waals surface area contributed by atoms with E-state index in [4.69, 9.17) is 0 Å². The fraction of sp³-hybridized carbons (Fsp3) is 0.273. The maximum atomic E-state index is 11.6. The Bertz CT molecular complexity index is 459. The zero-order valence-corrected chi connectivity index (χ0v) is 10.4. The van der Waals surface area contributed by atoms with Gasteiger partial charge < -0.3 is 0 Å². The van der Waals surface area contributed by atoms with Crippen LogP contribution in [0.4, 0.5) is 10.5 Å². The molecule has 0 spiro atoms. The molecule has 0 atom stereocenters. The Morgan fingerprint density at radius 3 is 2.81 bits per heavy atom. The maximum Gasteiger partial charge on any atom is 0.328 e. The number of anilines is 1. The van der Waals surface area contributed by atoms with Crippen molar-refractivity contribution >= 4 is 33.6 Å². The molecule has 1 aromatic carbocycles. The fourth-order valence-electron chi connectivity index (χ4n) is 1.67. The van der Waals surface area contributed by atoms with Gasteiger partial charge in [-0.05, 0) is 24.6 Å². The molecule has 1 aliphatic heterocycles. The molecule has 3 amide bonds. The van der Waals surface area contributed by atoms with E-state index in [1.54, 1.807) is 4.90 Å². The summed E-state index contributed by atoms with van der Waals surface area (Å²) in [5.74, 6) is -0.214. The highest BCUT2D eigenvalue weighted by Crippen LogP contribution is 2.25. The predicted molar refractivity (Wildman–Crippen MR) is 64.4 cm³/mol. The third-order valence-electron chi connectivity index (χ3n) is 2.52. The standard InChI is InChI=1S/C11H11BrN2O2/c1-7-2-3-8(12)6-9(7)14-5-4-10(15)13-11(14)16/h2-3,6H,4-5H2,1H3,(H,13,15,16). The van der Waals surface area contributed by atoms with Gasteiger partial charge in [0.2, 0.25) is 5.91 Å². The van der Waals surface area contributed by atoms with E-state index in [9.17, 15) is 9.59 Å². The first-order chi connectivity index (χ1) is 7.58. The van der Waals surface area contributed by atoms with Crippen molar-refractivity contribution in [3.8, 4) is 0 Å². The Morgan fingerprint density at radius 1 is 1.38 bits per heavy atom. The van der Waals surface area contributed by atoms with Crippen LogP contribution < -0.4 is 10.2 Å². The highest BCUT2D eigenvalue weighted by atomic mass is 79.9. The van der Waals surface area contributed by atoms with Crippen molar-refractivity contribution in [3.05, 3.63) is 28.2 Å². The first-order valence-corrected chi connectivity index (χ1v) is 5.75. The van der Waals surface area contributed by atoms with E-state index < -0.39 is 0 Å². The summed E-state index contributed by atoms with van der Waals surface area (Å²) in [4.78, 5) is 24.3. The van der Waals surface area contributed by atoms with E-state index in [1.165, 1.54) is 0 Å². The van der Waals surface area contributed by atoms with Crippen molar-refractivity contribution in [1.82, 2.24) is 5.32 Å². The van der Waals surface area contributed by atoms with Gasteiger partial charge in [-0.3, -0.25) is 15.0 Å². The Balaban J connectivity index is 2.33. The Kier molecular flexibility index (Phi) is 2.96. The largest absolute Gasteiger partial charge is 0.328 e. The molecule has 1 aliphatic rings. The van der Waals surface area contributed by atoms with Gasteiger partial charge in [0, 0.05) is 23.1 Å². The van der Waals surface area contributed by atoms with Gasteiger partial charge >= 0.3 is 6.03 Å². The molecule has 0 aromatic heterocycles. The molecule has 0 unspecified atom stereocenters. The minimum Gasteiger partial charge on any atom is -0.293 e. The van der Waals surface area contributed by atoms with E-state index >= 15 is 0 Å². The number of urea groups is 1. The number of benzene rings is 1. The van der Waals surface area contributed by atoms with E-state index in [1.807, 2.05) is 25.1 Å². The average Bonchev–Trinajstić information content (AvgIpc) is 2.22. The fourth-order valence-corrected chi connectivity index (χ4v) is 2.02. The number of hydrogen-bond acceptors (Lipinski definition) is 2. The molecule has 2 rings (SSSR count). The van der Waals surface area contributed by atoms with Crippen LogP contribution in [0.15, 0.2) is 22.7 Å². The molecule has 0 radical (unpaired) electrons. The summed E-state index contributed by atoms with van der Waals surface area (Å²) in [6.45, 7) is 2.37. The van der Waals surface area contributed by atoms with Gasteiger partial charge in [-0.1, -0.05) is 22.0 Å². The lowest BCUT2D eigenvalue weighted by Gasteiger charge is -2.27. The Hall–Kier alpha value is -1.36. The molecule has 1 saturated heterocycles. The second-order valence-electron chi connectivity index (χ2n) is 3.69. The number of amides is 3. The monoisotopic (exact) mass is 282 g/mol. The van der Waals surface area contributed by atoms with Gasteiger partial charge in [-0.15, -0.1) is 0 Å². The van der Waals surface area contributed by atoms with Crippen LogP contribution in [-0.2, 0) is 4.79 Å². The highest BCUT2D eigenvalue weighted by Gasteiger charge is 2.25. The number of hydrogen-bond donors (Lipinski definition) is 1. The minimum atomic E-state index is -0.350. The minimum absolute atomic E-state index is 0.214. The molecular formula is C11H11BrN2O2. The molecule has 1 aromatic rings. The Morgan fingerprint density at radius 2 is 2.12 bits per heavy atom. The van der Waals surface area contributed by atoms with E-state index in [-0.39, 0.29) is 11.9 Å². The van der Waals surface area contributed by atoms with Crippen molar-refractivity contribution in [2.75, 3.05) is 11.4 Å². The van der Waals surface area contributed by atoms with Crippen LogP contribution in [0.3, 0.4) is 0 Å². The number of aryl methyl sites for hydroxylation is 1. The first kappa shape index (κ1) is 11.1. The molecule has 5 heteroatoms. The second kappa shape index (κ2) is 4.25. The van der Waals surface area contributed by atoms with Gasteiger partial charge in [0.15, 0.2) is 0 Å². The zero-order chi connectivity index (χ0) is 11.7. The van der Waals surface area contributed by atoms with Crippen LogP contribution in [-0.4, -0.2) is 18.5 Å². The third kappa shape index (κ3) is 2.09. The second-order valence-corrected chi connectivity index (χ2v) is 4.60. The van der Waals surface area contributed by atoms with Crippen LogP contribution in [0.2, 0.25) is 0 Å². The van der Waals surface area contributed by atoms with Gasteiger partial charge in [-0.25, -0.2) is 4.79 Å². The van der Waals surface area contributed by atoms with Crippen LogP contribution >= 0.6 is 15.9 Å². The summed E-state index contributed by atoms with van der Waals surface area (Å²) >= 11 is 3.37. The summed E-state index contributed by atoms with van der Waals surface area (Å²) in [6.07, 6.45) is 0.345. The molecular weight excluding hydrogens is 272 g/mol. The van der Waals surface area contributed by atoms with Crippen molar-refractivity contribution < 1.29 is 9.59 Å². The van der Waals surface area contributed by atoms with Gasteiger partial charge in [0.25, 0.3) is 0 Å². The topological polar surface area (TPSA) is 49.4 Å². The zero-order valence-electron chi connectivity index (χ0n) is 8.79.